The van der Waals surface area contributed by atoms with Crippen molar-refractivity contribution in [1.29, 1.82) is 0 Å². The lowest BCUT2D eigenvalue weighted by molar-refractivity contribution is -0.150. The normalized spacial score (nSPS) is 19.9. The van der Waals surface area contributed by atoms with E-state index < -0.39 is 17.6 Å². The summed E-state index contributed by atoms with van der Waals surface area (Å²) < 4.78 is 16.8. The van der Waals surface area contributed by atoms with Crippen molar-refractivity contribution in [2.75, 3.05) is 27.3 Å². The summed E-state index contributed by atoms with van der Waals surface area (Å²) in [4.78, 5) is 35.2. The van der Waals surface area contributed by atoms with Gasteiger partial charge in [-0.1, -0.05) is 17.8 Å². The average Bonchev–Trinajstić information content (AvgIpc) is 3.47. The quantitative estimate of drug-likeness (QED) is 0.528. The Hall–Kier alpha value is -2.94. The number of esters is 1. The van der Waals surface area contributed by atoms with Crippen molar-refractivity contribution in [2.24, 2.45) is 4.99 Å². The molecule has 4 rings (SSSR count). The number of carbonyl (C=O) groups is 2. The van der Waals surface area contributed by atoms with Crippen LogP contribution in [0, 0.1) is 0 Å². The number of carbonyl (C=O) groups excluding carboxylic acids is 2. The Morgan fingerprint density at radius 3 is 2.43 bits per heavy atom. The van der Waals surface area contributed by atoms with E-state index in [0.29, 0.717) is 22.8 Å². The van der Waals surface area contributed by atoms with E-state index in [-0.39, 0.29) is 12.3 Å². The molecule has 0 bridgehead atoms. The second kappa shape index (κ2) is 9.97. The lowest BCUT2D eigenvalue weighted by Gasteiger charge is -2.37. The summed E-state index contributed by atoms with van der Waals surface area (Å²) in [7, 11) is 3.16. The van der Waals surface area contributed by atoms with E-state index in [0.717, 1.165) is 42.4 Å². The van der Waals surface area contributed by atoms with Crippen molar-refractivity contribution in [2.45, 2.75) is 58.6 Å². The van der Waals surface area contributed by atoms with Crippen molar-refractivity contribution in [3.8, 4) is 11.5 Å². The summed E-state index contributed by atoms with van der Waals surface area (Å²) in [5, 5.41) is 2.70. The van der Waals surface area contributed by atoms with Crippen LogP contribution in [0.5, 0.6) is 11.5 Å². The van der Waals surface area contributed by atoms with Gasteiger partial charge in [0.15, 0.2) is 16.7 Å². The number of amidine groups is 1. The number of hydrogen-bond acceptors (Lipinski definition) is 8. The van der Waals surface area contributed by atoms with Crippen LogP contribution in [0.3, 0.4) is 0 Å². The third kappa shape index (κ3) is 5.19. The molecule has 3 aliphatic rings. The second-order valence-electron chi connectivity index (χ2n) is 9.77. The summed E-state index contributed by atoms with van der Waals surface area (Å²) in [5.41, 5.74) is 2.01. The van der Waals surface area contributed by atoms with Crippen LogP contribution in [-0.2, 0) is 14.3 Å². The molecule has 1 amide bonds. The number of aliphatic imine (C=N–C) groups is 1. The highest BCUT2D eigenvalue weighted by Crippen LogP contribution is 2.46. The van der Waals surface area contributed by atoms with Crippen LogP contribution >= 0.6 is 11.8 Å². The van der Waals surface area contributed by atoms with Crippen LogP contribution in [-0.4, -0.2) is 59.8 Å². The van der Waals surface area contributed by atoms with Crippen LogP contribution in [0.1, 0.15) is 58.6 Å². The molecule has 3 heterocycles. The number of hydrogen-bond donors (Lipinski definition) is 0. The van der Waals surface area contributed by atoms with Gasteiger partial charge < -0.3 is 24.0 Å². The molecule has 0 spiro atoms. The molecule has 1 aromatic carbocycles. The van der Waals surface area contributed by atoms with Crippen molar-refractivity contribution < 1.29 is 23.8 Å². The maximum Gasteiger partial charge on any atom is 0.338 e. The molecule has 0 radical (unpaired) electrons. The maximum absolute atomic E-state index is 13.5. The number of thioether (sulfide) groups is 1. The smallest absolute Gasteiger partial charge is 0.338 e. The van der Waals surface area contributed by atoms with E-state index in [1.54, 1.807) is 14.2 Å². The molecule has 0 N–H and O–H groups in total. The predicted molar refractivity (Wildman–Crippen MR) is 136 cm³/mol. The SMILES string of the molecule is COc1ccc([C@H]2C(C(=O)OC(C)(C)C)=C(C)N=C3SC=C(CC(=O)N4CCCC4)N32)cc1OC. The van der Waals surface area contributed by atoms with E-state index in [1.807, 2.05) is 61.1 Å². The maximum atomic E-state index is 13.5. The summed E-state index contributed by atoms with van der Waals surface area (Å²) in [6.45, 7) is 8.94. The lowest BCUT2D eigenvalue weighted by Crippen LogP contribution is -2.39. The molecule has 9 heteroatoms. The summed E-state index contributed by atoms with van der Waals surface area (Å²) >= 11 is 1.47. The minimum atomic E-state index is -0.666. The number of allylic oxidation sites excluding steroid dienone is 1. The van der Waals surface area contributed by atoms with Crippen molar-refractivity contribution in [3.05, 3.63) is 46.1 Å². The number of amides is 1. The third-order valence-corrected chi connectivity index (χ3v) is 7.02. The van der Waals surface area contributed by atoms with Crippen LogP contribution in [0.15, 0.2) is 45.6 Å². The molecule has 0 unspecified atom stereocenters. The first-order valence-corrected chi connectivity index (χ1v) is 12.7. The molecule has 3 aliphatic heterocycles. The first-order chi connectivity index (χ1) is 16.6. The van der Waals surface area contributed by atoms with Gasteiger partial charge in [-0.15, -0.1) is 0 Å². The van der Waals surface area contributed by atoms with Gasteiger partial charge in [-0.25, -0.2) is 9.79 Å². The van der Waals surface area contributed by atoms with Gasteiger partial charge in [0.25, 0.3) is 0 Å². The Morgan fingerprint density at radius 1 is 1.11 bits per heavy atom. The Balaban J connectivity index is 1.77. The number of rotatable bonds is 6. The van der Waals surface area contributed by atoms with Gasteiger partial charge >= 0.3 is 5.97 Å². The zero-order chi connectivity index (χ0) is 25.3. The molecule has 1 fully saturated rings. The van der Waals surface area contributed by atoms with Gasteiger partial charge in [0.05, 0.1) is 38.0 Å². The molecule has 35 heavy (non-hydrogen) atoms. The first kappa shape index (κ1) is 25.2. The molecular weight excluding hydrogens is 466 g/mol. The number of nitrogens with zero attached hydrogens (tertiary/aromatic N) is 3. The molecule has 0 aliphatic carbocycles. The summed E-state index contributed by atoms with van der Waals surface area (Å²) in [6, 6.07) is 5.08. The first-order valence-electron chi connectivity index (χ1n) is 11.8. The highest BCUT2D eigenvalue weighted by atomic mass is 32.2. The van der Waals surface area contributed by atoms with Crippen LogP contribution in [0.25, 0.3) is 0 Å². The lowest BCUT2D eigenvalue weighted by atomic mass is 9.93. The Labute approximate surface area is 211 Å². The number of ether oxygens (including phenoxy) is 3. The van der Waals surface area contributed by atoms with Crippen molar-refractivity contribution in [3.63, 3.8) is 0 Å². The van der Waals surface area contributed by atoms with Gasteiger partial charge in [0, 0.05) is 18.8 Å². The fourth-order valence-electron chi connectivity index (χ4n) is 4.54. The minimum Gasteiger partial charge on any atom is -0.493 e. The highest BCUT2D eigenvalue weighted by Gasteiger charge is 2.42. The standard InChI is InChI=1S/C26H33N3O5S/c1-16-22(24(31)34-26(2,3)4)23(17-9-10-19(32-5)20(13-17)33-6)29-18(15-35-25(29)27-16)14-21(30)28-11-7-8-12-28/h9-10,13,15,23H,7-8,11-12,14H2,1-6H3/t23-/m0/s1. The van der Waals surface area contributed by atoms with Gasteiger partial charge in [0.1, 0.15) is 5.60 Å². The third-order valence-electron chi connectivity index (χ3n) is 6.13. The number of fused-ring (bicyclic) bond motifs is 1. The van der Waals surface area contributed by atoms with E-state index in [2.05, 4.69) is 0 Å². The van der Waals surface area contributed by atoms with Crippen LogP contribution in [0.4, 0.5) is 0 Å². The molecule has 0 aromatic heterocycles. The Bertz CT molecular complexity index is 1110. The number of benzene rings is 1. The molecule has 8 nitrogen and oxygen atoms in total. The van der Waals surface area contributed by atoms with Gasteiger partial charge in [0.2, 0.25) is 5.91 Å². The van der Waals surface area contributed by atoms with E-state index in [4.69, 9.17) is 19.2 Å². The zero-order valence-electron chi connectivity index (χ0n) is 21.2. The average molecular weight is 500 g/mol. The molecule has 1 aromatic rings. The van der Waals surface area contributed by atoms with E-state index in [9.17, 15) is 9.59 Å². The summed E-state index contributed by atoms with van der Waals surface area (Å²) in [6.07, 6.45) is 2.32. The van der Waals surface area contributed by atoms with Crippen LogP contribution < -0.4 is 9.47 Å². The van der Waals surface area contributed by atoms with Crippen LogP contribution in [0.2, 0.25) is 0 Å². The van der Waals surface area contributed by atoms with Gasteiger partial charge in [-0.2, -0.15) is 0 Å². The molecule has 1 saturated heterocycles. The molecule has 188 valence electrons. The van der Waals surface area contributed by atoms with Gasteiger partial charge in [-0.3, -0.25) is 4.79 Å². The summed E-state index contributed by atoms with van der Waals surface area (Å²) in [5.74, 6) is 0.809. The second-order valence-corrected chi connectivity index (χ2v) is 10.6. The number of likely N-dealkylation sites (tertiary alicyclic amines) is 1. The fraction of sp³-hybridized carbons (Fsp3) is 0.500. The molecule has 1 atom stereocenters. The van der Waals surface area contributed by atoms with E-state index in [1.165, 1.54) is 11.8 Å². The highest BCUT2D eigenvalue weighted by molar-refractivity contribution is 8.16. The van der Waals surface area contributed by atoms with Gasteiger partial charge in [-0.05, 0) is 63.6 Å². The molecular formula is C26H33N3O5S. The molecule has 0 saturated carbocycles. The Morgan fingerprint density at radius 2 is 1.80 bits per heavy atom. The monoisotopic (exact) mass is 499 g/mol. The largest absolute Gasteiger partial charge is 0.493 e. The van der Waals surface area contributed by atoms with Crippen molar-refractivity contribution in [1.82, 2.24) is 9.80 Å². The topological polar surface area (TPSA) is 80.7 Å². The number of methoxy groups -OCH3 is 2. The van der Waals surface area contributed by atoms with E-state index >= 15 is 0 Å². The van der Waals surface area contributed by atoms with Crippen molar-refractivity contribution >= 4 is 28.8 Å². The fourth-order valence-corrected chi connectivity index (χ4v) is 5.50. The minimum absolute atomic E-state index is 0.0896. The Kier molecular flexibility index (Phi) is 7.17. The zero-order valence-corrected chi connectivity index (χ0v) is 22.0. The predicted octanol–water partition coefficient (Wildman–Crippen LogP) is 4.63.